The standard InChI is InChI=1S/C28H33FN4O4/c1-22-4-2-5-25(18-22)30-28(35)32(12-11-31-13-16-36-17-14-31)21-27(34)33(20-26-6-3-15-37-26)19-23-7-9-24(29)10-8-23/h2-10,15,18H,11-14,16-17,19-21H2,1H3,(H,30,35). The number of urea groups is 1. The summed E-state index contributed by atoms with van der Waals surface area (Å²) in [6, 6.07) is 16.8. The van der Waals surface area contributed by atoms with E-state index in [1.807, 2.05) is 31.2 Å². The normalized spacial score (nSPS) is 13.8. The van der Waals surface area contributed by atoms with Gasteiger partial charge in [0.2, 0.25) is 5.91 Å². The zero-order valence-corrected chi connectivity index (χ0v) is 21.1. The molecule has 0 spiro atoms. The number of hydrogen-bond donors (Lipinski definition) is 1. The van der Waals surface area contributed by atoms with Crippen molar-refractivity contribution in [1.29, 1.82) is 0 Å². The molecule has 0 unspecified atom stereocenters. The molecule has 1 aliphatic heterocycles. The molecule has 0 bridgehead atoms. The molecule has 2 heterocycles. The highest BCUT2D eigenvalue weighted by Crippen LogP contribution is 2.14. The van der Waals surface area contributed by atoms with Crippen LogP contribution in [-0.4, -0.2) is 72.6 Å². The van der Waals surface area contributed by atoms with Gasteiger partial charge in [0.05, 0.1) is 26.0 Å². The van der Waals surface area contributed by atoms with Gasteiger partial charge in [-0.15, -0.1) is 0 Å². The topological polar surface area (TPSA) is 78.3 Å². The maximum absolute atomic E-state index is 13.6. The Labute approximate surface area is 216 Å². The van der Waals surface area contributed by atoms with Crippen molar-refractivity contribution in [2.24, 2.45) is 0 Å². The molecule has 0 saturated carbocycles. The molecular weight excluding hydrogens is 475 g/mol. The number of carbonyl (C=O) groups is 2. The fourth-order valence-corrected chi connectivity index (χ4v) is 4.16. The lowest BCUT2D eigenvalue weighted by Crippen LogP contribution is -2.48. The summed E-state index contributed by atoms with van der Waals surface area (Å²) in [5.74, 6) is 0.0522. The molecule has 3 amide bonds. The summed E-state index contributed by atoms with van der Waals surface area (Å²) in [6.45, 7) is 6.25. The molecule has 2 aromatic carbocycles. The smallest absolute Gasteiger partial charge is 0.322 e. The number of benzene rings is 2. The van der Waals surface area contributed by atoms with Crippen molar-refractivity contribution in [3.05, 3.63) is 89.6 Å². The second-order valence-corrected chi connectivity index (χ2v) is 9.13. The van der Waals surface area contributed by atoms with Gasteiger partial charge in [-0.3, -0.25) is 9.69 Å². The van der Waals surface area contributed by atoms with Crippen LogP contribution in [0, 0.1) is 12.7 Å². The van der Waals surface area contributed by atoms with Crippen LogP contribution in [0.2, 0.25) is 0 Å². The number of rotatable bonds is 10. The zero-order valence-electron chi connectivity index (χ0n) is 21.1. The van der Waals surface area contributed by atoms with Crippen LogP contribution in [0.4, 0.5) is 14.9 Å². The summed E-state index contributed by atoms with van der Waals surface area (Å²) in [5, 5.41) is 2.93. The molecule has 8 nitrogen and oxygen atoms in total. The van der Waals surface area contributed by atoms with Crippen LogP contribution in [0.25, 0.3) is 0 Å². The maximum atomic E-state index is 13.6. The van der Waals surface area contributed by atoms with E-state index >= 15 is 0 Å². The second kappa shape index (κ2) is 13.0. The number of nitrogens with one attached hydrogen (secondary N) is 1. The molecular formula is C28H33FN4O4. The Balaban J connectivity index is 1.49. The molecule has 196 valence electrons. The maximum Gasteiger partial charge on any atom is 0.322 e. The summed E-state index contributed by atoms with van der Waals surface area (Å²) in [7, 11) is 0. The highest BCUT2D eigenvalue weighted by Gasteiger charge is 2.24. The minimum Gasteiger partial charge on any atom is -0.467 e. The van der Waals surface area contributed by atoms with E-state index in [2.05, 4.69) is 10.2 Å². The average Bonchev–Trinajstić information content (AvgIpc) is 3.41. The molecule has 0 aliphatic carbocycles. The van der Waals surface area contributed by atoms with Gasteiger partial charge in [0.1, 0.15) is 18.1 Å². The van der Waals surface area contributed by atoms with Crippen molar-refractivity contribution in [2.45, 2.75) is 20.0 Å². The molecule has 1 saturated heterocycles. The summed E-state index contributed by atoms with van der Waals surface area (Å²) in [5.41, 5.74) is 2.48. The van der Waals surface area contributed by atoms with E-state index in [0.29, 0.717) is 37.8 Å². The molecule has 4 rings (SSSR count). The third-order valence-corrected chi connectivity index (χ3v) is 6.24. The van der Waals surface area contributed by atoms with Crippen molar-refractivity contribution in [2.75, 3.05) is 51.3 Å². The number of morpholine rings is 1. The zero-order chi connectivity index (χ0) is 26.0. The first-order chi connectivity index (χ1) is 18.0. The molecule has 1 aliphatic rings. The number of carbonyl (C=O) groups excluding carboxylic acids is 2. The SMILES string of the molecule is Cc1cccc(NC(=O)N(CCN2CCOCC2)CC(=O)N(Cc2ccc(F)cc2)Cc2ccco2)c1. The van der Waals surface area contributed by atoms with Gasteiger partial charge in [-0.05, 0) is 54.4 Å². The average molecular weight is 509 g/mol. The Bertz CT molecular complexity index is 1150. The summed E-state index contributed by atoms with van der Waals surface area (Å²) in [6.07, 6.45) is 1.56. The van der Waals surface area contributed by atoms with E-state index in [1.165, 1.54) is 12.1 Å². The number of hydrogen-bond acceptors (Lipinski definition) is 5. The van der Waals surface area contributed by atoms with Crippen molar-refractivity contribution >= 4 is 17.6 Å². The Morgan fingerprint density at radius 3 is 2.49 bits per heavy atom. The molecule has 1 fully saturated rings. The van der Waals surface area contributed by atoms with E-state index in [9.17, 15) is 14.0 Å². The fraction of sp³-hybridized carbons (Fsp3) is 0.357. The van der Waals surface area contributed by atoms with Crippen LogP contribution in [-0.2, 0) is 22.6 Å². The fourth-order valence-electron chi connectivity index (χ4n) is 4.16. The number of anilines is 1. The van der Waals surface area contributed by atoms with Crippen LogP contribution >= 0.6 is 0 Å². The van der Waals surface area contributed by atoms with Crippen molar-refractivity contribution in [3.8, 4) is 0 Å². The van der Waals surface area contributed by atoms with E-state index in [-0.39, 0.29) is 37.4 Å². The highest BCUT2D eigenvalue weighted by molar-refractivity contribution is 5.92. The quantitative estimate of drug-likeness (QED) is 0.446. The van der Waals surface area contributed by atoms with Crippen molar-refractivity contribution < 1.29 is 23.1 Å². The predicted octanol–water partition coefficient (Wildman–Crippen LogP) is 4.12. The van der Waals surface area contributed by atoms with Crippen molar-refractivity contribution in [1.82, 2.24) is 14.7 Å². The molecule has 3 aromatic rings. The van der Waals surface area contributed by atoms with Crippen LogP contribution in [0.3, 0.4) is 0 Å². The Morgan fingerprint density at radius 1 is 1.00 bits per heavy atom. The Hall–Kier alpha value is -3.69. The minimum absolute atomic E-state index is 0.107. The number of nitrogens with zero attached hydrogens (tertiary/aromatic N) is 3. The first-order valence-electron chi connectivity index (χ1n) is 12.4. The van der Waals surface area contributed by atoms with Gasteiger partial charge >= 0.3 is 6.03 Å². The Kier molecular flexibility index (Phi) is 9.29. The number of amides is 3. The van der Waals surface area contributed by atoms with Gasteiger partial charge in [-0.2, -0.15) is 0 Å². The second-order valence-electron chi connectivity index (χ2n) is 9.13. The number of ether oxygens (including phenoxy) is 1. The lowest BCUT2D eigenvalue weighted by molar-refractivity contribution is -0.133. The Morgan fingerprint density at radius 2 is 1.78 bits per heavy atom. The van der Waals surface area contributed by atoms with Gasteiger partial charge in [0, 0.05) is 38.4 Å². The number of furan rings is 1. The number of aryl methyl sites for hydroxylation is 1. The van der Waals surface area contributed by atoms with Crippen molar-refractivity contribution in [3.63, 3.8) is 0 Å². The number of halogens is 1. The van der Waals surface area contributed by atoms with Gasteiger partial charge in [0.25, 0.3) is 0 Å². The van der Waals surface area contributed by atoms with E-state index in [0.717, 1.165) is 24.2 Å². The van der Waals surface area contributed by atoms with Gasteiger partial charge in [-0.1, -0.05) is 24.3 Å². The highest BCUT2D eigenvalue weighted by atomic mass is 19.1. The van der Waals surface area contributed by atoms with Gasteiger partial charge in [-0.25, -0.2) is 9.18 Å². The third-order valence-electron chi connectivity index (χ3n) is 6.24. The molecule has 37 heavy (non-hydrogen) atoms. The first-order valence-corrected chi connectivity index (χ1v) is 12.4. The van der Waals surface area contributed by atoms with E-state index in [4.69, 9.17) is 9.15 Å². The predicted molar refractivity (Wildman–Crippen MR) is 138 cm³/mol. The molecule has 1 N–H and O–H groups in total. The van der Waals surface area contributed by atoms with Crippen LogP contribution in [0.5, 0.6) is 0 Å². The summed E-state index contributed by atoms with van der Waals surface area (Å²) < 4.78 is 24.3. The first kappa shape index (κ1) is 26.4. The molecule has 0 atom stereocenters. The molecule has 1 aromatic heterocycles. The lowest BCUT2D eigenvalue weighted by Gasteiger charge is -2.31. The molecule has 9 heteroatoms. The third kappa shape index (κ3) is 8.16. The lowest BCUT2D eigenvalue weighted by atomic mass is 10.2. The minimum atomic E-state index is -0.341. The van der Waals surface area contributed by atoms with E-state index in [1.54, 1.807) is 40.3 Å². The van der Waals surface area contributed by atoms with Gasteiger partial charge in [0.15, 0.2) is 0 Å². The van der Waals surface area contributed by atoms with Crippen LogP contribution < -0.4 is 5.32 Å². The van der Waals surface area contributed by atoms with Gasteiger partial charge < -0.3 is 24.3 Å². The van der Waals surface area contributed by atoms with E-state index < -0.39 is 0 Å². The summed E-state index contributed by atoms with van der Waals surface area (Å²) >= 11 is 0. The summed E-state index contributed by atoms with van der Waals surface area (Å²) in [4.78, 5) is 32.3. The molecule has 0 radical (unpaired) electrons. The van der Waals surface area contributed by atoms with Crippen LogP contribution in [0.1, 0.15) is 16.9 Å². The van der Waals surface area contributed by atoms with Crippen LogP contribution in [0.15, 0.2) is 71.3 Å². The largest absolute Gasteiger partial charge is 0.467 e. The monoisotopic (exact) mass is 508 g/mol.